The van der Waals surface area contributed by atoms with Crippen molar-refractivity contribution in [1.29, 1.82) is 0 Å². The molecule has 90 valence electrons. The number of benzene rings is 1. The Morgan fingerprint density at radius 2 is 2.12 bits per heavy atom. The molecule has 0 amide bonds. The molecule has 17 heavy (non-hydrogen) atoms. The molecule has 1 heterocycles. The molecular formula is C12H11Br2NOS. The van der Waals surface area contributed by atoms with Crippen LogP contribution >= 0.6 is 43.2 Å². The van der Waals surface area contributed by atoms with Gasteiger partial charge in [-0.1, -0.05) is 22.0 Å². The fraction of sp³-hybridized carbons (Fsp3) is 0.167. The predicted octanol–water partition coefficient (Wildman–Crippen LogP) is 4.42. The SMILES string of the molecule is OC(CNc1ccc(Br)cc1Br)c1cccs1. The maximum Gasteiger partial charge on any atom is 0.105 e. The lowest BCUT2D eigenvalue weighted by Gasteiger charge is -2.12. The molecule has 2 rings (SSSR count). The van der Waals surface area contributed by atoms with E-state index in [1.165, 1.54) is 0 Å². The van der Waals surface area contributed by atoms with E-state index in [1.54, 1.807) is 11.3 Å². The molecule has 1 unspecified atom stereocenters. The van der Waals surface area contributed by atoms with E-state index in [0.717, 1.165) is 19.5 Å². The topological polar surface area (TPSA) is 32.3 Å². The van der Waals surface area contributed by atoms with Gasteiger partial charge in [-0.15, -0.1) is 11.3 Å². The largest absolute Gasteiger partial charge is 0.386 e. The Balaban J connectivity index is 1.98. The molecule has 1 aromatic heterocycles. The first-order valence-electron chi connectivity index (χ1n) is 5.07. The third kappa shape index (κ3) is 3.55. The molecule has 0 radical (unpaired) electrons. The van der Waals surface area contributed by atoms with Crippen molar-refractivity contribution in [2.75, 3.05) is 11.9 Å². The van der Waals surface area contributed by atoms with Crippen molar-refractivity contribution >= 4 is 48.9 Å². The van der Waals surface area contributed by atoms with Gasteiger partial charge in [-0.05, 0) is 45.6 Å². The zero-order chi connectivity index (χ0) is 12.3. The predicted molar refractivity (Wildman–Crippen MR) is 79.6 cm³/mol. The van der Waals surface area contributed by atoms with Gasteiger partial charge in [0.25, 0.3) is 0 Å². The van der Waals surface area contributed by atoms with Crippen LogP contribution in [-0.4, -0.2) is 11.7 Å². The second kappa shape index (κ2) is 6.00. The number of hydrogen-bond acceptors (Lipinski definition) is 3. The van der Waals surface area contributed by atoms with Crippen LogP contribution < -0.4 is 5.32 Å². The molecule has 2 nitrogen and oxygen atoms in total. The van der Waals surface area contributed by atoms with Crippen molar-refractivity contribution < 1.29 is 5.11 Å². The van der Waals surface area contributed by atoms with E-state index in [-0.39, 0.29) is 0 Å². The van der Waals surface area contributed by atoms with Crippen molar-refractivity contribution in [2.24, 2.45) is 0 Å². The Morgan fingerprint density at radius 3 is 2.76 bits per heavy atom. The van der Waals surface area contributed by atoms with Crippen LogP contribution in [0, 0.1) is 0 Å². The molecule has 0 fully saturated rings. The summed E-state index contributed by atoms with van der Waals surface area (Å²) in [5.41, 5.74) is 0.976. The van der Waals surface area contributed by atoms with Crippen molar-refractivity contribution in [3.63, 3.8) is 0 Å². The van der Waals surface area contributed by atoms with Crippen LogP contribution in [-0.2, 0) is 0 Å². The zero-order valence-electron chi connectivity index (χ0n) is 8.86. The summed E-state index contributed by atoms with van der Waals surface area (Å²) in [5.74, 6) is 0. The van der Waals surface area contributed by atoms with Gasteiger partial charge in [0.1, 0.15) is 6.10 Å². The Labute approximate surface area is 121 Å². The highest BCUT2D eigenvalue weighted by atomic mass is 79.9. The van der Waals surface area contributed by atoms with Crippen molar-refractivity contribution in [3.8, 4) is 0 Å². The second-order valence-corrected chi connectivity index (χ2v) is 6.29. The lowest BCUT2D eigenvalue weighted by molar-refractivity contribution is 0.195. The molecule has 0 aliphatic rings. The van der Waals surface area contributed by atoms with Crippen LogP contribution in [0.15, 0.2) is 44.7 Å². The van der Waals surface area contributed by atoms with Crippen LogP contribution in [0.25, 0.3) is 0 Å². The van der Waals surface area contributed by atoms with Crippen LogP contribution in [0.3, 0.4) is 0 Å². The number of aliphatic hydroxyl groups is 1. The van der Waals surface area contributed by atoms with Gasteiger partial charge >= 0.3 is 0 Å². The summed E-state index contributed by atoms with van der Waals surface area (Å²) < 4.78 is 2.00. The maximum absolute atomic E-state index is 9.94. The van der Waals surface area contributed by atoms with Gasteiger partial charge in [0, 0.05) is 26.1 Å². The van der Waals surface area contributed by atoms with Crippen LogP contribution in [0.1, 0.15) is 11.0 Å². The lowest BCUT2D eigenvalue weighted by Crippen LogP contribution is -2.11. The fourth-order valence-electron chi connectivity index (χ4n) is 1.42. The molecule has 0 aliphatic heterocycles. The molecular weight excluding hydrogens is 366 g/mol. The van der Waals surface area contributed by atoms with Gasteiger partial charge in [-0.3, -0.25) is 0 Å². The molecule has 1 aromatic carbocycles. The van der Waals surface area contributed by atoms with Gasteiger partial charge in [0.05, 0.1) is 0 Å². The quantitative estimate of drug-likeness (QED) is 0.827. The lowest BCUT2D eigenvalue weighted by atomic mass is 10.2. The van der Waals surface area contributed by atoms with Crippen LogP contribution in [0.4, 0.5) is 5.69 Å². The number of hydrogen-bond donors (Lipinski definition) is 2. The number of rotatable bonds is 4. The highest BCUT2D eigenvalue weighted by Crippen LogP contribution is 2.27. The molecule has 2 aromatic rings. The third-order valence-corrected chi connectivity index (χ3v) is 4.41. The fourth-order valence-corrected chi connectivity index (χ4v) is 3.32. The molecule has 0 saturated heterocycles. The summed E-state index contributed by atoms with van der Waals surface area (Å²) in [4.78, 5) is 0.978. The normalized spacial score (nSPS) is 12.4. The standard InChI is InChI=1S/C12H11Br2NOS/c13-8-3-4-10(9(14)6-8)15-7-11(16)12-2-1-5-17-12/h1-6,11,15-16H,7H2. The van der Waals surface area contributed by atoms with Crippen molar-refractivity contribution in [3.05, 3.63) is 49.5 Å². The van der Waals surface area contributed by atoms with Crippen LogP contribution in [0.2, 0.25) is 0 Å². The van der Waals surface area contributed by atoms with E-state index in [1.807, 2.05) is 35.7 Å². The first-order valence-corrected chi connectivity index (χ1v) is 7.54. The van der Waals surface area contributed by atoms with Gasteiger partial charge in [0.15, 0.2) is 0 Å². The number of halogens is 2. The number of aliphatic hydroxyl groups excluding tert-OH is 1. The minimum atomic E-state index is -0.467. The molecule has 1 atom stereocenters. The minimum Gasteiger partial charge on any atom is -0.386 e. The van der Waals surface area contributed by atoms with Crippen LogP contribution in [0.5, 0.6) is 0 Å². The summed E-state index contributed by atoms with van der Waals surface area (Å²) >= 11 is 8.44. The molecule has 2 N–H and O–H groups in total. The number of nitrogens with one attached hydrogen (secondary N) is 1. The molecule has 0 spiro atoms. The highest BCUT2D eigenvalue weighted by molar-refractivity contribution is 9.11. The molecule has 0 bridgehead atoms. The summed E-state index contributed by atoms with van der Waals surface area (Å²) in [5, 5.41) is 15.1. The van der Waals surface area contributed by atoms with Crippen molar-refractivity contribution in [2.45, 2.75) is 6.10 Å². The smallest absolute Gasteiger partial charge is 0.105 e. The molecule has 5 heteroatoms. The monoisotopic (exact) mass is 375 g/mol. The second-order valence-electron chi connectivity index (χ2n) is 3.54. The average molecular weight is 377 g/mol. The summed E-state index contributed by atoms with van der Waals surface area (Å²) in [6, 6.07) is 9.78. The Morgan fingerprint density at radius 1 is 1.29 bits per heavy atom. The highest BCUT2D eigenvalue weighted by Gasteiger charge is 2.08. The Kier molecular flexibility index (Phi) is 4.62. The molecule has 0 saturated carbocycles. The van der Waals surface area contributed by atoms with E-state index in [0.29, 0.717) is 6.54 Å². The first kappa shape index (κ1) is 13.1. The Hall–Kier alpha value is -0.360. The molecule has 0 aliphatic carbocycles. The first-order chi connectivity index (χ1) is 8.16. The zero-order valence-corrected chi connectivity index (χ0v) is 12.8. The van der Waals surface area contributed by atoms with E-state index in [4.69, 9.17) is 0 Å². The van der Waals surface area contributed by atoms with Gasteiger partial charge < -0.3 is 10.4 Å². The van der Waals surface area contributed by atoms with E-state index < -0.39 is 6.10 Å². The van der Waals surface area contributed by atoms with E-state index in [9.17, 15) is 5.11 Å². The number of thiophene rings is 1. The number of anilines is 1. The van der Waals surface area contributed by atoms with Crippen molar-refractivity contribution in [1.82, 2.24) is 0 Å². The minimum absolute atomic E-state index is 0.467. The summed E-state index contributed by atoms with van der Waals surface area (Å²) in [6.45, 7) is 0.501. The summed E-state index contributed by atoms with van der Waals surface area (Å²) in [7, 11) is 0. The van der Waals surface area contributed by atoms with Gasteiger partial charge in [-0.2, -0.15) is 0 Å². The maximum atomic E-state index is 9.94. The third-order valence-electron chi connectivity index (χ3n) is 2.29. The Bertz CT molecular complexity index is 487. The van der Waals surface area contributed by atoms with E-state index >= 15 is 0 Å². The van der Waals surface area contributed by atoms with Gasteiger partial charge in [0.2, 0.25) is 0 Å². The average Bonchev–Trinajstić information content (AvgIpc) is 2.81. The summed E-state index contributed by atoms with van der Waals surface area (Å²) in [6.07, 6.45) is -0.467. The van der Waals surface area contributed by atoms with E-state index in [2.05, 4.69) is 37.2 Å². The van der Waals surface area contributed by atoms with Gasteiger partial charge in [-0.25, -0.2) is 0 Å².